The van der Waals surface area contributed by atoms with Gasteiger partial charge in [0.1, 0.15) is 10.6 Å². The number of phenols is 1. The molecule has 0 unspecified atom stereocenters. The molecular weight excluding hydrogens is 693 g/mol. The number of carbonyl (C=O) groups excluding carboxylic acids is 1. The normalized spacial score (nSPS) is 12.0. The van der Waals surface area contributed by atoms with Crippen molar-refractivity contribution in [1.29, 1.82) is 0 Å². The minimum atomic E-state index is -4.87. The maximum Gasteiger partial charge on any atom is 0.296 e. The van der Waals surface area contributed by atoms with Gasteiger partial charge in [0, 0.05) is 22.3 Å². The van der Waals surface area contributed by atoms with E-state index in [0.717, 1.165) is 28.6 Å². The fourth-order valence-electron chi connectivity index (χ4n) is 5.38. The first-order valence-corrected chi connectivity index (χ1v) is 17.7. The van der Waals surface area contributed by atoms with Gasteiger partial charge in [-0.2, -0.15) is 34.0 Å². The van der Waals surface area contributed by atoms with Gasteiger partial charge in [0.05, 0.1) is 28.4 Å². The van der Waals surface area contributed by atoms with E-state index in [-0.39, 0.29) is 10.8 Å². The molecule has 13 nitrogen and oxygen atoms in total. The van der Waals surface area contributed by atoms with Crippen molar-refractivity contribution in [1.82, 2.24) is 0 Å². The Morgan fingerprint density at radius 1 is 0.642 bits per heavy atom. The van der Waals surface area contributed by atoms with Gasteiger partial charge in [-0.1, -0.05) is 18.2 Å². The molecule has 0 aliphatic rings. The quantitative estimate of drug-likeness (QED) is 0.0647. The first-order valence-electron chi connectivity index (χ1n) is 16.2. The van der Waals surface area contributed by atoms with Crippen LogP contribution in [0.2, 0.25) is 0 Å². The van der Waals surface area contributed by atoms with Crippen LogP contribution in [0.5, 0.6) is 5.75 Å². The Hall–Kier alpha value is -6.64. The molecule has 53 heavy (non-hydrogen) atoms. The summed E-state index contributed by atoms with van der Waals surface area (Å²) in [5, 5.41) is 40.3. The first-order chi connectivity index (χ1) is 25.3. The van der Waals surface area contributed by atoms with Crippen LogP contribution in [0.3, 0.4) is 0 Å². The molecule has 14 heteroatoms. The van der Waals surface area contributed by atoms with Gasteiger partial charge < -0.3 is 16.2 Å². The maximum atomic E-state index is 12.7. The number of hydrogen-bond acceptors (Lipinski definition) is 11. The molecule has 0 fully saturated rings. The smallest absolute Gasteiger partial charge is 0.296 e. The van der Waals surface area contributed by atoms with E-state index in [0.29, 0.717) is 45.1 Å². The lowest BCUT2D eigenvalue weighted by atomic mass is 10.1. The molecule has 0 saturated carbocycles. The van der Waals surface area contributed by atoms with E-state index in [1.165, 1.54) is 12.1 Å². The van der Waals surface area contributed by atoms with Gasteiger partial charge in [0.25, 0.3) is 16.0 Å². The predicted octanol–water partition coefficient (Wildman–Crippen LogP) is 11.1. The summed E-state index contributed by atoms with van der Waals surface area (Å²) in [6, 6.07) is 28.7. The van der Waals surface area contributed by atoms with Crippen LogP contribution in [-0.2, 0) is 10.1 Å². The van der Waals surface area contributed by atoms with Crippen molar-refractivity contribution >= 4 is 72.3 Å². The van der Waals surface area contributed by atoms with Crippen LogP contribution in [0.1, 0.15) is 32.6 Å². The van der Waals surface area contributed by atoms with Crippen LogP contribution in [-0.4, -0.2) is 24.0 Å². The average molecular weight is 727 g/mol. The Morgan fingerprint density at radius 3 is 1.68 bits per heavy atom. The molecule has 1 amide bonds. The Bertz CT molecular complexity index is 2590. The zero-order valence-corrected chi connectivity index (χ0v) is 29.9. The summed E-state index contributed by atoms with van der Waals surface area (Å²) >= 11 is 0. The van der Waals surface area contributed by atoms with Crippen LogP contribution in [0.15, 0.2) is 139 Å². The van der Waals surface area contributed by atoms with Crippen molar-refractivity contribution in [2.24, 2.45) is 30.7 Å². The molecule has 0 aliphatic heterocycles. The van der Waals surface area contributed by atoms with E-state index in [4.69, 9.17) is 5.73 Å². The van der Waals surface area contributed by atoms with Crippen molar-refractivity contribution in [2.45, 2.75) is 32.6 Å². The molecule has 0 spiro atoms. The van der Waals surface area contributed by atoms with E-state index in [1.54, 1.807) is 49.4 Å². The SMILES string of the molecule is Cc1cc(N=Nc2cc(C)c(N=Nc3c(S(=O)(=O)O)cc4cc(NC(=O)c5ccc(N)cc5)ccc4c3O)cc2C)c(C)cc1N=Nc1ccccc1. The number of azo groups is 3. The topological polar surface area (TPSA) is 204 Å². The van der Waals surface area contributed by atoms with Gasteiger partial charge >= 0.3 is 0 Å². The molecule has 6 rings (SSSR count). The van der Waals surface area contributed by atoms with Crippen molar-refractivity contribution in [2.75, 3.05) is 11.1 Å². The summed E-state index contributed by atoms with van der Waals surface area (Å²) in [5.74, 6) is -0.942. The first kappa shape index (κ1) is 36.2. The van der Waals surface area contributed by atoms with E-state index >= 15 is 0 Å². The van der Waals surface area contributed by atoms with Crippen LogP contribution in [0.4, 0.5) is 45.5 Å². The lowest BCUT2D eigenvalue weighted by Crippen LogP contribution is -2.11. The summed E-state index contributed by atoms with van der Waals surface area (Å²) in [7, 11) is -4.87. The highest BCUT2D eigenvalue weighted by atomic mass is 32.2. The van der Waals surface area contributed by atoms with Gasteiger partial charge in [0.2, 0.25) is 0 Å². The number of aromatic hydroxyl groups is 1. The number of nitrogens with two attached hydrogens (primary N) is 1. The Morgan fingerprint density at radius 2 is 1.15 bits per heavy atom. The summed E-state index contributed by atoms with van der Waals surface area (Å²) in [4.78, 5) is 12.1. The van der Waals surface area contributed by atoms with E-state index in [9.17, 15) is 22.9 Å². The van der Waals surface area contributed by atoms with Crippen molar-refractivity contribution in [3.05, 3.63) is 131 Å². The largest absolute Gasteiger partial charge is 0.505 e. The van der Waals surface area contributed by atoms with Gasteiger partial charge in [-0.05, 0) is 140 Å². The number of amides is 1. The van der Waals surface area contributed by atoms with Gasteiger partial charge in [-0.3, -0.25) is 9.35 Å². The number of carbonyl (C=O) groups is 1. The molecule has 0 aromatic heterocycles. The number of anilines is 2. The number of phenolic OH excluding ortho intramolecular Hbond substituents is 1. The Kier molecular flexibility index (Phi) is 10.2. The van der Waals surface area contributed by atoms with Crippen LogP contribution >= 0.6 is 0 Å². The van der Waals surface area contributed by atoms with Crippen LogP contribution in [0.25, 0.3) is 10.8 Å². The molecule has 0 bridgehead atoms. The van der Waals surface area contributed by atoms with E-state index in [1.807, 2.05) is 63.2 Å². The minimum Gasteiger partial charge on any atom is -0.505 e. The van der Waals surface area contributed by atoms with Gasteiger partial charge in [-0.25, -0.2) is 0 Å². The molecule has 0 saturated heterocycles. The number of fused-ring (bicyclic) bond motifs is 1. The highest BCUT2D eigenvalue weighted by molar-refractivity contribution is 7.86. The summed E-state index contributed by atoms with van der Waals surface area (Å²) in [6.45, 7) is 7.44. The molecule has 0 atom stereocenters. The summed E-state index contributed by atoms with van der Waals surface area (Å²) in [5.41, 5.74) is 12.7. The molecule has 266 valence electrons. The summed E-state index contributed by atoms with van der Waals surface area (Å²) < 4.78 is 35.0. The standard InChI is InChI=1S/C39H34N8O5S/c1-22-17-33(23(2)16-32(22)43-42-29-8-6-5-7-9-29)44-45-34-18-25(4)35(19-24(34)3)46-47-37-36(53(50,51)52)21-27-20-30(14-15-31(27)38(37)48)41-39(49)26-10-12-28(40)13-11-26/h5-21,48H,40H2,1-4H3,(H,41,49)(H,50,51,52). The second-order valence-electron chi connectivity index (χ2n) is 12.3. The molecule has 6 aromatic carbocycles. The fraction of sp³-hybridized carbons (Fsp3) is 0.103. The predicted molar refractivity (Wildman–Crippen MR) is 205 cm³/mol. The minimum absolute atomic E-state index is 0.221. The highest BCUT2D eigenvalue weighted by Gasteiger charge is 2.22. The highest BCUT2D eigenvalue weighted by Crippen LogP contribution is 2.43. The number of hydrogen-bond donors (Lipinski definition) is 4. The third-order valence-electron chi connectivity index (χ3n) is 8.34. The Labute approximate surface area is 305 Å². The van der Waals surface area contributed by atoms with Crippen molar-refractivity contribution in [3.63, 3.8) is 0 Å². The fourth-order valence-corrected chi connectivity index (χ4v) is 6.04. The molecule has 0 aliphatic carbocycles. The van der Waals surface area contributed by atoms with Crippen molar-refractivity contribution < 1.29 is 22.9 Å². The number of benzene rings is 6. The Balaban J connectivity index is 1.25. The van der Waals surface area contributed by atoms with Crippen molar-refractivity contribution in [3.8, 4) is 5.75 Å². The molecule has 5 N–H and O–H groups in total. The van der Waals surface area contributed by atoms with Crippen LogP contribution in [0, 0.1) is 27.7 Å². The second kappa shape index (κ2) is 14.9. The zero-order valence-electron chi connectivity index (χ0n) is 29.1. The van der Waals surface area contributed by atoms with E-state index < -0.39 is 32.4 Å². The number of nitrogen functional groups attached to an aromatic ring is 1. The molecule has 0 radical (unpaired) electrons. The zero-order chi connectivity index (χ0) is 37.9. The summed E-state index contributed by atoms with van der Waals surface area (Å²) in [6.07, 6.45) is 0. The van der Waals surface area contributed by atoms with Crippen LogP contribution < -0.4 is 11.1 Å². The maximum absolute atomic E-state index is 12.7. The molecule has 0 heterocycles. The third-order valence-corrected chi connectivity index (χ3v) is 9.21. The third kappa shape index (κ3) is 8.30. The lowest BCUT2D eigenvalue weighted by molar-refractivity contribution is 0.102. The van der Waals surface area contributed by atoms with Gasteiger partial charge in [0.15, 0.2) is 5.75 Å². The average Bonchev–Trinajstić information content (AvgIpc) is 3.12. The molecular formula is C39H34N8O5S. The number of nitrogens with one attached hydrogen (secondary N) is 1. The lowest BCUT2D eigenvalue weighted by Gasteiger charge is -2.11. The van der Waals surface area contributed by atoms with Gasteiger partial charge in [-0.15, -0.1) is 5.11 Å². The number of aryl methyl sites for hydroxylation is 4. The number of rotatable bonds is 9. The second-order valence-corrected chi connectivity index (χ2v) is 13.7. The number of nitrogens with zero attached hydrogens (tertiary/aromatic N) is 6. The monoisotopic (exact) mass is 726 g/mol. The molecule has 6 aromatic rings. The van der Waals surface area contributed by atoms with E-state index in [2.05, 4.69) is 36.0 Å².